The fraction of sp³-hybridized carbons (Fsp3) is 0.500. The molecule has 0 aromatic carbocycles. The van der Waals surface area contributed by atoms with E-state index in [9.17, 15) is 9.59 Å². The molecular formula is C6H8N6O2. The third-order valence-corrected chi connectivity index (χ3v) is 1.86. The van der Waals surface area contributed by atoms with Crippen LogP contribution in [-0.2, 0) is 4.79 Å². The second kappa shape index (κ2) is 3.40. The first-order chi connectivity index (χ1) is 6.75. The van der Waals surface area contributed by atoms with Crippen molar-refractivity contribution in [3.05, 3.63) is 5.82 Å². The topological polar surface area (TPSA) is 113 Å². The molecule has 1 aliphatic heterocycles. The van der Waals surface area contributed by atoms with Crippen molar-refractivity contribution in [3.8, 4) is 0 Å². The second-order valence-corrected chi connectivity index (χ2v) is 2.91. The summed E-state index contributed by atoms with van der Waals surface area (Å²) in [5.41, 5.74) is 0. The Kier molecular flexibility index (Phi) is 2.09. The van der Waals surface area contributed by atoms with Gasteiger partial charge in [-0.1, -0.05) is 0 Å². The second-order valence-electron chi connectivity index (χ2n) is 2.91. The van der Waals surface area contributed by atoms with Crippen LogP contribution in [0.4, 0.5) is 0 Å². The van der Waals surface area contributed by atoms with Crippen LogP contribution in [0.1, 0.15) is 17.0 Å². The number of amides is 2. The van der Waals surface area contributed by atoms with Gasteiger partial charge in [0.15, 0.2) is 0 Å². The van der Waals surface area contributed by atoms with Crippen LogP contribution >= 0.6 is 0 Å². The van der Waals surface area contributed by atoms with Gasteiger partial charge in [0.1, 0.15) is 0 Å². The third-order valence-electron chi connectivity index (χ3n) is 1.86. The highest BCUT2D eigenvalue weighted by atomic mass is 16.2. The lowest BCUT2D eigenvalue weighted by Gasteiger charge is -2.06. The van der Waals surface area contributed by atoms with E-state index in [-0.39, 0.29) is 17.8 Å². The maximum absolute atomic E-state index is 11.3. The molecule has 14 heavy (non-hydrogen) atoms. The van der Waals surface area contributed by atoms with Crippen LogP contribution in [0.5, 0.6) is 0 Å². The van der Waals surface area contributed by atoms with Gasteiger partial charge in [-0.25, -0.2) is 0 Å². The number of aromatic nitrogens is 4. The maximum Gasteiger partial charge on any atom is 0.293 e. The average molecular weight is 196 g/mol. The molecule has 1 aliphatic rings. The Morgan fingerprint density at radius 3 is 3.00 bits per heavy atom. The van der Waals surface area contributed by atoms with Gasteiger partial charge in [0, 0.05) is 13.0 Å². The Bertz CT molecular complexity index is 347. The number of tetrazole rings is 1. The van der Waals surface area contributed by atoms with Crippen molar-refractivity contribution in [1.82, 2.24) is 31.3 Å². The highest BCUT2D eigenvalue weighted by Crippen LogP contribution is 1.99. The Morgan fingerprint density at radius 1 is 1.57 bits per heavy atom. The maximum atomic E-state index is 11.3. The van der Waals surface area contributed by atoms with Gasteiger partial charge in [0.05, 0.1) is 6.04 Å². The molecule has 8 heteroatoms. The smallest absolute Gasteiger partial charge is 0.293 e. The summed E-state index contributed by atoms with van der Waals surface area (Å²) < 4.78 is 0. The lowest BCUT2D eigenvalue weighted by atomic mass is 10.2. The zero-order valence-electron chi connectivity index (χ0n) is 7.15. The van der Waals surface area contributed by atoms with Gasteiger partial charge in [-0.15, -0.1) is 10.2 Å². The number of nitrogens with zero attached hydrogens (tertiary/aromatic N) is 3. The van der Waals surface area contributed by atoms with Gasteiger partial charge in [-0.2, -0.15) is 5.21 Å². The zero-order chi connectivity index (χ0) is 9.97. The summed E-state index contributed by atoms with van der Waals surface area (Å²) in [4.78, 5) is 22.1. The van der Waals surface area contributed by atoms with Gasteiger partial charge in [-0.05, 0) is 5.21 Å². The third kappa shape index (κ3) is 1.68. The largest absolute Gasteiger partial charge is 0.354 e. The van der Waals surface area contributed by atoms with E-state index in [4.69, 9.17) is 0 Å². The highest BCUT2D eigenvalue weighted by Gasteiger charge is 2.24. The van der Waals surface area contributed by atoms with Crippen molar-refractivity contribution in [2.45, 2.75) is 12.5 Å². The first-order valence-corrected chi connectivity index (χ1v) is 4.06. The molecule has 74 valence electrons. The summed E-state index contributed by atoms with van der Waals surface area (Å²) >= 11 is 0. The molecule has 0 bridgehead atoms. The summed E-state index contributed by atoms with van der Waals surface area (Å²) in [6.07, 6.45) is 0.295. The molecule has 2 amide bonds. The van der Waals surface area contributed by atoms with Gasteiger partial charge in [0.25, 0.3) is 11.7 Å². The van der Waals surface area contributed by atoms with Crippen LogP contribution in [-0.4, -0.2) is 45.0 Å². The molecule has 0 aliphatic carbocycles. The summed E-state index contributed by atoms with van der Waals surface area (Å²) in [6, 6.07) is -0.187. The molecule has 8 nitrogen and oxygen atoms in total. The number of hydrogen-bond donors (Lipinski definition) is 3. The van der Waals surface area contributed by atoms with E-state index in [2.05, 4.69) is 31.3 Å². The molecule has 1 aromatic rings. The molecule has 1 unspecified atom stereocenters. The lowest BCUT2D eigenvalue weighted by Crippen LogP contribution is -2.36. The van der Waals surface area contributed by atoms with Crippen LogP contribution in [0.3, 0.4) is 0 Å². The molecule has 1 saturated heterocycles. The monoisotopic (exact) mass is 196 g/mol. The highest BCUT2D eigenvalue weighted by molar-refractivity contribution is 5.91. The van der Waals surface area contributed by atoms with Gasteiger partial charge < -0.3 is 10.6 Å². The Hall–Kier alpha value is -1.99. The molecule has 0 saturated carbocycles. The van der Waals surface area contributed by atoms with E-state index in [1.54, 1.807) is 0 Å². The molecule has 1 fully saturated rings. The molecular weight excluding hydrogens is 188 g/mol. The Labute approximate surface area is 78.4 Å². The molecule has 1 aromatic heterocycles. The van der Waals surface area contributed by atoms with E-state index in [0.29, 0.717) is 13.0 Å². The fourth-order valence-electron chi connectivity index (χ4n) is 1.22. The molecule has 0 radical (unpaired) electrons. The zero-order valence-corrected chi connectivity index (χ0v) is 7.15. The number of nitrogens with one attached hydrogen (secondary N) is 3. The molecule has 1 atom stereocenters. The molecule has 0 spiro atoms. The van der Waals surface area contributed by atoms with E-state index in [1.165, 1.54) is 0 Å². The van der Waals surface area contributed by atoms with Crippen LogP contribution in [0.25, 0.3) is 0 Å². The quantitative estimate of drug-likeness (QED) is 0.497. The summed E-state index contributed by atoms with van der Waals surface area (Å²) in [6.45, 7) is 0.447. The number of carbonyl (C=O) groups excluding carboxylic acids is 2. The number of rotatable bonds is 2. The van der Waals surface area contributed by atoms with Crippen LogP contribution in [0.2, 0.25) is 0 Å². The van der Waals surface area contributed by atoms with Crippen molar-refractivity contribution in [1.29, 1.82) is 0 Å². The minimum atomic E-state index is -0.430. The minimum absolute atomic E-state index is 0.0238. The van der Waals surface area contributed by atoms with E-state index in [1.807, 2.05) is 0 Å². The number of H-pyrrole nitrogens is 1. The summed E-state index contributed by atoms with van der Waals surface area (Å²) in [5, 5.41) is 17.7. The molecule has 2 rings (SSSR count). The molecule has 2 heterocycles. The molecule has 3 N–H and O–H groups in total. The predicted octanol–water partition coefficient (Wildman–Crippen LogP) is -2.18. The fourth-order valence-corrected chi connectivity index (χ4v) is 1.22. The average Bonchev–Trinajstić information content (AvgIpc) is 2.75. The Morgan fingerprint density at radius 2 is 2.43 bits per heavy atom. The minimum Gasteiger partial charge on any atom is -0.354 e. The van der Waals surface area contributed by atoms with Gasteiger partial charge in [-0.3, -0.25) is 9.59 Å². The van der Waals surface area contributed by atoms with Crippen LogP contribution in [0.15, 0.2) is 0 Å². The van der Waals surface area contributed by atoms with Crippen LogP contribution in [0, 0.1) is 0 Å². The predicted molar refractivity (Wildman–Crippen MR) is 43.1 cm³/mol. The first kappa shape index (κ1) is 8.60. The van der Waals surface area contributed by atoms with Crippen LogP contribution < -0.4 is 10.6 Å². The van der Waals surface area contributed by atoms with E-state index < -0.39 is 5.91 Å². The standard InChI is InChI=1S/C6H8N6O2/c13-4-1-3(2-7-4)8-6(14)5-9-11-12-10-5/h3H,1-2H2,(H,7,13)(H,8,14)(H,9,10,11,12). The summed E-state index contributed by atoms with van der Waals surface area (Å²) in [5.74, 6) is -0.520. The summed E-state index contributed by atoms with van der Waals surface area (Å²) in [7, 11) is 0. The van der Waals surface area contributed by atoms with E-state index >= 15 is 0 Å². The normalized spacial score (nSPS) is 20.6. The number of carbonyl (C=O) groups is 2. The number of aromatic amines is 1. The van der Waals surface area contributed by atoms with Crippen molar-refractivity contribution in [2.24, 2.45) is 0 Å². The lowest BCUT2D eigenvalue weighted by molar-refractivity contribution is -0.119. The van der Waals surface area contributed by atoms with Crippen molar-refractivity contribution in [2.75, 3.05) is 6.54 Å². The van der Waals surface area contributed by atoms with Crippen molar-refractivity contribution < 1.29 is 9.59 Å². The van der Waals surface area contributed by atoms with Gasteiger partial charge in [0.2, 0.25) is 5.91 Å². The SMILES string of the molecule is O=C1CC(NC(=O)c2nn[nH]n2)CN1. The van der Waals surface area contributed by atoms with Crippen molar-refractivity contribution >= 4 is 11.8 Å². The Balaban J connectivity index is 1.92. The van der Waals surface area contributed by atoms with Crippen molar-refractivity contribution in [3.63, 3.8) is 0 Å². The van der Waals surface area contributed by atoms with Gasteiger partial charge >= 0.3 is 0 Å². The first-order valence-electron chi connectivity index (χ1n) is 4.06. The number of hydrogen-bond acceptors (Lipinski definition) is 5. The van der Waals surface area contributed by atoms with E-state index in [0.717, 1.165) is 0 Å².